The van der Waals surface area contributed by atoms with Gasteiger partial charge in [-0.15, -0.1) is 10.2 Å². The van der Waals surface area contributed by atoms with Gasteiger partial charge in [-0.2, -0.15) is 4.31 Å². The van der Waals surface area contributed by atoms with Gasteiger partial charge in [0.1, 0.15) is 0 Å². The van der Waals surface area contributed by atoms with E-state index in [1.807, 2.05) is 0 Å². The lowest BCUT2D eigenvalue weighted by molar-refractivity contribution is 0.102. The van der Waals surface area contributed by atoms with Crippen molar-refractivity contribution in [3.05, 3.63) is 29.8 Å². The zero-order valence-corrected chi connectivity index (χ0v) is 17.4. The van der Waals surface area contributed by atoms with Crippen LogP contribution < -0.4 is 5.32 Å². The number of nitrogens with zero attached hydrogens (tertiary/aromatic N) is 3. The summed E-state index contributed by atoms with van der Waals surface area (Å²) < 4.78 is 27.1. The molecule has 1 aromatic carbocycles. The molecule has 1 aromatic heterocycles. The van der Waals surface area contributed by atoms with Gasteiger partial charge >= 0.3 is 0 Å². The van der Waals surface area contributed by atoms with Gasteiger partial charge in [-0.05, 0) is 30.7 Å². The van der Waals surface area contributed by atoms with E-state index in [9.17, 15) is 13.2 Å². The van der Waals surface area contributed by atoms with Crippen LogP contribution in [0.25, 0.3) is 0 Å². The zero-order valence-electron chi connectivity index (χ0n) is 14.9. The van der Waals surface area contributed by atoms with Crippen molar-refractivity contribution in [2.45, 2.75) is 36.4 Å². The van der Waals surface area contributed by atoms with Gasteiger partial charge in [0.25, 0.3) is 5.91 Å². The molecule has 142 valence electrons. The van der Waals surface area contributed by atoms with Crippen molar-refractivity contribution in [3.8, 4) is 0 Å². The fourth-order valence-electron chi connectivity index (χ4n) is 2.17. The fraction of sp³-hybridized carbons (Fsp3) is 0.438. The second kappa shape index (κ2) is 9.45. The average molecular weight is 415 g/mol. The highest BCUT2D eigenvalue weighted by Gasteiger charge is 2.21. The van der Waals surface area contributed by atoms with Crippen molar-refractivity contribution >= 4 is 44.2 Å². The molecule has 0 aliphatic carbocycles. The maximum absolute atomic E-state index is 12.5. The Bertz CT molecular complexity index is 831. The quantitative estimate of drug-likeness (QED) is 0.500. The van der Waals surface area contributed by atoms with E-state index < -0.39 is 10.0 Å². The van der Waals surface area contributed by atoms with Crippen LogP contribution in [0.3, 0.4) is 0 Å². The van der Waals surface area contributed by atoms with E-state index in [4.69, 9.17) is 0 Å². The third-order valence-electron chi connectivity index (χ3n) is 3.52. The van der Waals surface area contributed by atoms with Crippen LogP contribution in [-0.2, 0) is 10.0 Å². The molecule has 0 saturated carbocycles. The summed E-state index contributed by atoms with van der Waals surface area (Å²) in [7, 11) is -3.53. The van der Waals surface area contributed by atoms with E-state index in [0.29, 0.717) is 23.8 Å². The van der Waals surface area contributed by atoms with Gasteiger partial charge in [0.2, 0.25) is 15.2 Å². The van der Waals surface area contributed by atoms with E-state index in [1.54, 1.807) is 25.6 Å². The summed E-state index contributed by atoms with van der Waals surface area (Å²) in [5.74, 6) is 0.602. The predicted molar refractivity (Wildman–Crippen MR) is 105 cm³/mol. The molecule has 2 rings (SSSR count). The van der Waals surface area contributed by atoms with Crippen LogP contribution in [0.5, 0.6) is 0 Å². The monoisotopic (exact) mass is 414 g/mol. The molecular formula is C16H22N4O3S3. The van der Waals surface area contributed by atoms with Gasteiger partial charge in [-0.25, -0.2) is 8.42 Å². The van der Waals surface area contributed by atoms with Gasteiger partial charge in [-0.3, -0.25) is 10.1 Å². The summed E-state index contributed by atoms with van der Waals surface area (Å²) >= 11 is 2.92. The van der Waals surface area contributed by atoms with Crippen molar-refractivity contribution in [3.63, 3.8) is 0 Å². The molecule has 10 heteroatoms. The normalized spacial score (nSPS) is 11.7. The number of anilines is 1. The van der Waals surface area contributed by atoms with Crippen LogP contribution in [0.4, 0.5) is 5.13 Å². The number of carbonyl (C=O) groups is 1. The lowest BCUT2D eigenvalue weighted by Crippen LogP contribution is -2.30. The van der Waals surface area contributed by atoms with Crippen molar-refractivity contribution < 1.29 is 13.2 Å². The minimum atomic E-state index is -3.53. The Morgan fingerprint density at radius 3 is 2.38 bits per heavy atom. The van der Waals surface area contributed by atoms with Crippen molar-refractivity contribution in [1.29, 1.82) is 0 Å². The number of carbonyl (C=O) groups excluding carboxylic acids is 1. The van der Waals surface area contributed by atoms with E-state index in [2.05, 4.69) is 22.4 Å². The maximum Gasteiger partial charge on any atom is 0.257 e. The minimum Gasteiger partial charge on any atom is -0.296 e. The molecule has 0 bridgehead atoms. The highest BCUT2D eigenvalue weighted by Crippen LogP contribution is 2.26. The summed E-state index contributed by atoms with van der Waals surface area (Å²) in [4.78, 5) is 12.5. The Hall–Kier alpha value is -1.49. The van der Waals surface area contributed by atoms with Crippen molar-refractivity contribution in [2.75, 3.05) is 24.2 Å². The Labute approximate surface area is 162 Å². The Kier molecular flexibility index (Phi) is 7.56. The molecular weight excluding hydrogens is 392 g/mol. The number of hydrogen-bond donors (Lipinski definition) is 1. The van der Waals surface area contributed by atoms with Crippen molar-refractivity contribution in [2.24, 2.45) is 0 Å². The van der Waals surface area contributed by atoms with Crippen LogP contribution >= 0.6 is 23.1 Å². The second-order valence-corrected chi connectivity index (χ2v) is 9.55. The molecule has 1 amide bonds. The first kappa shape index (κ1) is 20.8. The molecule has 1 heterocycles. The topological polar surface area (TPSA) is 92.3 Å². The van der Waals surface area contributed by atoms with Crippen LogP contribution in [0, 0.1) is 0 Å². The molecule has 0 unspecified atom stereocenters. The largest absolute Gasteiger partial charge is 0.296 e. The van der Waals surface area contributed by atoms with Gasteiger partial charge in [-0.1, -0.05) is 43.9 Å². The predicted octanol–water partition coefficient (Wildman–Crippen LogP) is 3.32. The molecule has 7 nitrogen and oxygen atoms in total. The summed E-state index contributed by atoms with van der Waals surface area (Å²) in [6.07, 6.45) is 1.04. The number of sulfonamides is 1. The summed E-state index contributed by atoms with van der Waals surface area (Å²) in [5.41, 5.74) is 0.362. The molecule has 2 aromatic rings. The van der Waals surface area contributed by atoms with E-state index in [-0.39, 0.29) is 10.8 Å². The van der Waals surface area contributed by atoms with Gasteiger partial charge in [0.05, 0.1) is 4.90 Å². The number of aromatic nitrogens is 2. The SMILES string of the molecule is CCCSc1nnc(NC(=O)c2ccc(S(=O)(=O)N(CC)CC)cc2)s1. The molecule has 0 fully saturated rings. The number of hydrogen-bond acceptors (Lipinski definition) is 7. The van der Waals surface area contributed by atoms with Gasteiger partial charge in [0.15, 0.2) is 4.34 Å². The summed E-state index contributed by atoms with van der Waals surface area (Å²) in [6.45, 7) is 6.46. The zero-order chi connectivity index (χ0) is 19.2. The average Bonchev–Trinajstić information content (AvgIpc) is 3.08. The molecule has 0 aliphatic heterocycles. The summed E-state index contributed by atoms with van der Waals surface area (Å²) in [6, 6.07) is 5.90. The van der Waals surface area contributed by atoms with Crippen LogP contribution in [0.1, 0.15) is 37.6 Å². The van der Waals surface area contributed by atoms with Gasteiger partial charge < -0.3 is 0 Å². The lowest BCUT2D eigenvalue weighted by atomic mass is 10.2. The van der Waals surface area contributed by atoms with Crippen molar-refractivity contribution in [1.82, 2.24) is 14.5 Å². The smallest absolute Gasteiger partial charge is 0.257 e. The maximum atomic E-state index is 12.5. The van der Waals surface area contributed by atoms with Crippen LogP contribution in [-0.4, -0.2) is 47.7 Å². The number of thioether (sulfide) groups is 1. The standard InChI is InChI=1S/C16H22N4O3S3/c1-4-11-24-16-19-18-15(25-16)17-14(21)12-7-9-13(10-8-12)26(22,23)20(5-2)6-3/h7-10H,4-6,11H2,1-3H3,(H,17,18,21). The number of benzene rings is 1. The Balaban J connectivity index is 2.08. The van der Waals surface area contributed by atoms with E-state index >= 15 is 0 Å². The summed E-state index contributed by atoms with van der Waals surface area (Å²) in [5, 5.41) is 11.1. The number of amides is 1. The second-order valence-electron chi connectivity index (χ2n) is 5.29. The molecule has 0 aliphatic rings. The first-order chi connectivity index (χ1) is 12.4. The van der Waals surface area contributed by atoms with Crippen LogP contribution in [0.15, 0.2) is 33.5 Å². The minimum absolute atomic E-state index is 0.173. The molecule has 0 spiro atoms. The number of nitrogens with one attached hydrogen (secondary N) is 1. The molecule has 0 atom stereocenters. The third-order valence-corrected chi connectivity index (χ3v) is 7.76. The molecule has 0 radical (unpaired) electrons. The molecule has 26 heavy (non-hydrogen) atoms. The molecule has 1 N–H and O–H groups in total. The molecule has 0 saturated heterocycles. The lowest BCUT2D eigenvalue weighted by Gasteiger charge is -2.18. The Morgan fingerprint density at radius 1 is 1.15 bits per heavy atom. The first-order valence-corrected chi connectivity index (χ1v) is 11.5. The highest BCUT2D eigenvalue weighted by molar-refractivity contribution is 8.01. The highest BCUT2D eigenvalue weighted by atomic mass is 32.2. The van der Waals surface area contributed by atoms with E-state index in [0.717, 1.165) is 16.5 Å². The van der Waals surface area contributed by atoms with E-state index in [1.165, 1.54) is 39.9 Å². The Morgan fingerprint density at radius 2 is 1.81 bits per heavy atom. The first-order valence-electron chi connectivity index (χ1n) is 8.30. The number of rotatable bonds is 9. The van der Waals surface area contributed by atoms with Gasteiger partial charge in [0, 0.05) is 24.4 Å². The fourth-order valence-corrected chi connectivity index (χ4v) is 5.30. The third kappa shape index (κ3) is 5.03. The van der Waals surface area contributed by atoms with Crippen LogP contribution in [0.2, 0.25) is 0 Å².